The summed E-state index contributed by atoms with van der Waals surface area (Å²) in [5, 5.41) is 0. The molecule has 3 aliphatic rings. The van der Waals surface area contributed by atoms with Gasteiger partial charge in [-0.1, -0.05) is 0 Å². The summed E-state index contributed by atoms with van der Waals surface area (Å²) in [6.07, 6.45) is 3.42. The SMILES string of the molecule is NC(C1CCOC2(CCSC2)C1)C1COCCO1. The molecule has 0 aromatic rings. The lowest BCUT2D eigenvalue weighted by Crippen LogP contribution is -2.52. The molecule has 1 spiro atoms. The molecule has 3 rings (SSSR count). The van der Waals surface area contributed by atoms with Crippen LogP contribution in [-0.4, -0.2) is 55.7 Å². The van der Waals surface area contributed by atoms with Crippen molar-refractivity contribution in [2.75, 3.05) is 37.9 Å². The maximum atomic E-state index is 6.41. The molecule has 104 valence electrons. The first-order valence-corrected chi connectivity index (χ1v) is 8.11. The summed E-state index contributed by atoms with van der Waals surface area (Å²) in [7, 11) is 0. The van der Waals surface area contributed by atoms with E-state index in [0.29, 0.717) is 25.7 Å². The molecule has 3 heterocycles. The van der Waals surface area contributed by atoms with E-state index >= 15 is 0 Å². The van der Waals surface area contributed by atoms with Gasteiger partial charge in [0.05, 0.1) is 31.5 Å². The van der Waals surface area contributed by atoms with Crippen LogP contribution in [0.2, 0.25) is 0 Å². The van der Waals surface area contributed by atoms with Gasteiger partial charge in [0, 0.05) is 18.4 Å². The van der Waals surface area contributed by atoms with Crippen LogP contribution in [0.4, 0.5) is 0 Å². The van der Waals surface area contributed by atoms with Crippen LogP contribution in [-0.2, 0) is 14.2 Å². The first-order chi connectivity index (χ1) is 8.79. The summed E-state index contributed by atoms with van der Waals surface area (Å²) in [4.78, 5) is 0. The van der Waals surface area contributed by atoms with Gasteiger partial charge < -0.3 is 19.9 Å². The van der Waals surface area contributed by atoms with Gasteiger partial charge in [-0.3, -0.25) is 0 Å². The monoisotopic (exact) mass is 273 g/mol. The van der Waals surface area contributed by atoms with E-state index in [0.717, 1.165) is 25.2 Å². The number of thioether (sulfide) groups is 1. The highest BCUT2D eigenvalue weighted by atomic mass is 32.2. The Labute approximate surface area is 113 Å². The fourth-order valence-corrected chi connectivity index (χ4v) is 4.67. The van der Waals surface area contributed by atoms with Crippen LogP contribution in [0.25, 0.3) is 0 Å². The van der Waals surface area contributed by atoms with Crippen LogP contribution in [0.3, 0.4) is 0 Å². The van der Waals surface area contributed by atoms with Crippen molar-refractivity contribution in [1.29, 1.82) is 0 Å². The molecule has 5 heteroatoms. The second kappa shape index (κ2) is 5.67. The zero-order valence-electron chi connectivity index (χ0n) is 10.8. The summed E-state index contributed by atoms with van der Waals surface area (Å²) in [6, 6.07) is 0.0941. The molecule has 0 radical (unpaired) electrons. The number of rotatable bonds is 2. The predicted molar refractivity (Wildman–Crippen MR) is 71.9 cm³/mol. The van der Waals surface area contributed by atoms with Gasteiger partial charge in [0.1, 0.15) is 0 Å². The Morgan fingerprint density at radius 1 is 1.28 bits per heavy atom. The van der Waals surface area contributed by atoms with Crippen molar-refractivity contribution in [2.24, 2.45) is 11.7 Å². The van der Waals surface area contributed by atoms with Crippen LogP contribution in [0, 0.1) is 5.92 Å². The Bertz CT molecular complexity index is 277. The van der Waals surface area contributed by atoms with E-state index in [1.807, 2.05) is 11.8 Å². The van der Waals surface area contributed by atoms with Crippen molar-refractivity contribution in [1.82, 2.24) is 0 Å². The minimum absolute atomic E-state index is 0.0768. The molecule has 3 saturated heterocycles. The molecule has 2 N–H and O–H groups in total. The zero-order chi connectivity index (χ0) is 12.4. The van der Waals surface area contributed by atoms with Crippen LogP contribution < -0.4 is 5.73 Å². The van der Waals surface area contributed by atoms with Crippen LogP contribution in [0.1, 0.15) is 19.3 Å². The van der Waals surface area contributed by atoms with Gasteiger partial charge in [-0.15, -0.1) is 0 Å². The van der Waals surface area contributed by atoms with Gasteiger partial charge in [0.15, 0.2) is 0 Å². The maximum Gasteiger partial charge on any atom is 0.0962 e. The second-order valence-corrected chi connectivity index (χ2v) is 6.75. The third-order valence-corrected chi connectivity index (χ3v) is 5.64. The van der Waals surface area contributed by atoms with Crippen molar-refractivity contribution in [3.63, 3.8) is 0 Å². The molecule has 3 aliphatic heterocycles. The fourth-order valence-electron chi connectivity index (χ4n) is 3.29. The van der Waals surface area contributed by atoms with Crippen molar-refractivity contribution in [2.45, 2.75) is 37.0 Å². The molecule has 0 aliphatic carbocycles. The molecule has 0 aromatic heterocycles. The van der Waals surface area contributed by atoms with Crippen molar-refractivity contribution >= 4 is 11.8 Å². The highest BCUT2D eigenvalue weighted by molar-refractivity contribution is 7.99. The molecule has 4 nitrogen and oxygen atoms in total. The van der Waals surface area contributed by atoms with Crippen LogP contribution in [0.5, 0.6) is 0 Å². The molecule has 0 amide bonds. The first-order valence-electron chi connectivity index (χ1n) is 6.96. The number of hydrogen-bond donors (Lipinski definition) is 1. The Balaban J connectivity index is 1.60. The standard InChI is InChI=1S/C13H23NO3S/c14-12(11-8-15-4-5-16-11)10-1-3-17-13(7-10)2-6-18-9-13/h10-12H,1-9,14H2. The Hall–Kier alpha value is 0.190. The van der Waals surface area contributed by atoms with E-state index < -0.39 is 0 Å². The molecule has 3 fully saturated rings. The predicted octanol–water partition coefficient (Wildman–Crippen LogP) is 1.03. The zero-order valence-corrected chi connectivity index (χ0v) is 11.6. The Kier molecular flexibility index (Phi) is 4.15. The van der Waals surface area contributed by atoms with Gasteiger partial charge in [0.25, 0.3) is 0 Å². The maximum absolute atomic E-state index is 6.41. The lowest BCUT2D eigenvalue weighted by Gasteiger charge is -2.42. The van der Waals surface area contributed by atoms with E-state index in [4.69, 9.17) is 19.9 Å². The third kappa shape index (κ3) is 2.70. The van der Waals surface area contributed by atoms with E-state index in [-0.39, 0.29) is 17.7 Å². The lowest BCUT2D eigenvalue weighted by atomic mass is 9.80. The molecule has 4 unspecified atom stereocenters. The molecule has 0 aromatic carbocycles. The van der Waals surface area contributed by atoms with Crippen LogP contribution in [0.15, 0.2) is 0 Å². The molecule has 0 saturated carbocycles. The second-order valence-electron chi connectivity index (χ2n) is 5.65. The summed E-state index contributed by atoms with van der Waals surface area (Å²) in [5.41, 5.74) is 6.52. The number of nitrogens with two attached hydrogens (primary N) is 1. The van der Waals surface area contributed by atoms with Crippen LogP contribution >= 0.6 is 11.8 Å². The Morgan fingerprint density at radius 3 is 2.94 bits per heavy atom. The number of hydrogen-bond acceptors (Lipinski definition) is 5. The van der Waals surface area contributed by atoms with E-state index in [2.05, 4.69) is 0 Å². The quantitative estimate of drug-likeness (QED) is 0.814. The molecule has 4 atom stereocenters. The minimum Gasteiger partial charge on any atom is -0.376 e. The average molecular weight is 273 g/mol. The fraction of sp³-hybridized carbons (Fsp3) is 1.00. The van der Waals surface area contributed by atoms with E-state index in [9.17, 15) is 0 Å². The van der Waals surface area contributed by atoms with Gasteiger partial charge in [-0.2, -0.15) is 11.8 Å². The summed E-state index contributed by atoms with van der Waals surface area (Å²) in [5.74, 6) is 2.88. The number of ether oxygens (including phenoxy) is 3. The van der Waals surface area contributed by atoms with Gasteiger partial charge >= 0.3 is 0 Å². The normalized spacial score (nSPS) is 43.2. The van der Waals surface area contributed by atoms with Gasteiger partial charge in [-0.25, -0.2) is 0 Å². The first kappa shape index (κ1) is 13.2. The van der Waals surface area contributed by atoms with Crippen molar-refractivity contribution < 1.29 is 14.2 Å². The van der Waals surface area contributed by atoms with Gasteiger partial charge in [-0.05, 0) is 30.9 Å². The smallest absolute Gasteiger partial charge is 0.0962 e. The van der Waals surface area contributed by atoms with E-state index in [1.54, 1.807) is 0 Å². The summed E-state index contributed by atoms with van der Waals surface area (Å²) in [6.45, 7) is 2.90. The third-order valence-electron chi connectivity index (χ3n) is 4.41. The molecular weight excluding hydrogens is 250 g/mol. The van der Waals surface area contributed by atoms with Crippen molar-refractivity contribution in [3.05, 3.63) is 0 Å². The summed E-state index contributed by atoms with van der Waals surface area (Å²) >= 11 is 2.01. The molecular formula is C13H23NO3S. The van der Waals surface area contributed by atoms with Gasteiger partial charge in [0.2, 0.25) is 0 Å². The lowest BCUT2D eigenvalue weighted by molar-refractivity contribution is -0.126. The van der Waals surface area contributed by atoms with E-state index in [1.165, 1.54) is 12.2 Å². The Morgan fingerprint density at radius 2 is 2.22 bits per heavy atom. The minimum atomic E-state index is 0.0768. The highest BCUT2D eigenvalue weighted by Gasteiger charge is 2.43. The topological polar surface area (TPSA) is 53.7 Å². The summed E-state index contributed by atoms with van der Waals surface area (Å²) < 4.78 is 17.3. The molecule has 0 bridgehead atoms. The highest BCUT2D eigenvalue weighted by Crippen LogP contribution is 2.41. The largest absolute Gasteiger partial charge is 0.376 e. The molecule has 18 heavy (non-hydrogen) atoms. The average Bonchev–Trinajstić information content (AvgIpc) is 2.87. The van der Waals surface area contributed by atoms with Crippen molar-refractivity contribution in [3.8, 4) is 0 Å².